The zero-order valence-electron chi connectivity index (χ0n) is 15.5. The summed E-state index contributed by atoms with van der Waals surface area (Å²) in [6, 6.07) is 5.03. The van der Waals surface area contributed by atoms with Gasteiger partial charge in [0.25, 0.3) is 0 Å². The van der Waals surface area contributed by atoms with Crippen molar-refractivity contribution in [1.82, 2.24) is 9.55 Å². The third-order valence-corrected chi connectivity index (χ3v) is 5.53. The summed E-state index contributed by atoms with van der Waals surface area (Å²) in [7, 11) is 0. The summed E-state index contributed by atoms with van der Waals surface area (Å²) >= 11 is 0. The number of alkyl halides is 2. The molecule has 0 bridgehead atoms. The second-order valence-electron chi connectivity index (χ2n) is 7.23. The summed E-state index contributed by atoms with van der Waals surface area (Å²) in [6.45, 7) is 3.69. The summed E-state index contributed by atoms with van der Waals surface area (Å²) in [4.78, 5) is 16.4. The smallest absolute Gasteiger partial charge is 0.340 e. The first-order valence-electron chi connectivity index (χ1n) is 9.17. The monoisotopic (exact) mass is 378 g/mol. The van der Waals surface area contributed by atoms with Crippen molar-refractivity contribution in [3.8, 4) is 5.69 Å². The van der Waals surface area contributed by atoms with Gasteiger partial charge >= 0.3 is 5.97 Å². The van der Waals surface area contributed by atoms with Crippen LogP contribution in [0.5, 0.6) is 0 Å². The molecule has 7 heteroatoms. The predicted octanol–water partition coefficient (Wildman–Crippen LogP) is 3.84. The minimum Gasteiger partial charge on any atom is -0.479 e. The first-order valence-corrected chi connectivity index (χ1v) is 9.17. The number of carbonyl (C=O) groups is 1. The average Bonchev–Trinajstić information content (AvgIpc) is 3.04. The summed E-state index contributed by atoms with van der Waals surface area (Å²) in [5.74, 6) is -4.93. The molecule has 0 amide bonds. The third-order valence-electron chi connectivity index (χ3n) is 5.53. The van der Waals surface area contributed by atoms with Crippen LogP contribution in [0.1, 0.15) is 49.6 Å². The number of aliphatic carboxylic acids is 1. The second kappa shape index (κ2) is 7.03. The van der Waals surface area contributed by atoms with E-state index in [0.29, 0.717) is 17.9 Å². The highest BCUT2D eigenvalue weighted by molar-refractivity contribution is 5.81. The number of imidazole rings is 1. The lowest BCUT2D eigenvalue weighted by molar-refractivity contribution is -0.175. The van der Waals surface area contributed by atoms with E-state index in [2.05, 4.69) is 4.98 Å². The number of carboxylic acid groups (broad SMARTS) is 1. The van der Waals surface area contributed by atoms with Gasteiger partial charge in [-0.25, -0.2) is 18.6 Å². The van der Waals surface area contributed by atoms with Crippen LogP contribution in [0.2, 0.25) is 0 Å². The van der Waals surface area contributed by atoms with E-state index in [1.54, 1.807) is 30.0 Å². The number of hydrogen-bond acceptors (Lipinski definition) is 3. The molecule has 1 aromatic heterocycles. The van der Waals surface area contributed by atoms with E-state index in [1.807, 2.05) is 13.0 Å². The summed E-state index contributed by atoms with van der Waals surface area (Å²) < 4.78 is 29.8. The summed E-state index contributed by atoms with van der Waals surface area (Å²) in [5, 5.41) is 21.3. The van der Waals surface area contributed by atoms with Crippen molar-refractivity contribution in [2.45, 2.75) is 57.5 Å². The van der Waals surface area contributed by atoms with Crippen LogP contribution in [0.25, 0.3) is 5.69 Å². The van der Waals surface area contributed by atoms with Gasteiger partial charge in [0, 0.05) is 36.7 Å². The standard InChI is InChI=1S/C20H24F2N2O3/c1-3-14-6-4-8-16(17(14)24-11-10-23-13(24)2)20(27,18(25)26)15-7-5-9-19(21,22)12-15/h4,6,8,10-11,15,27H,3,5,7,9,12H2,1-2H3,(H,25,26)/t15-,20?/m0/s1. The fraction of sp³-hybridized carbons (Fsp3) is 0.500. The van der Waals surface area contributed by atoms with Crippen LogP contribution in [0.15, 0.2) is 30.6 Å². The molecule has 1 aromatic carbocycles. The number of rotatable bonds is 5. The molecule has 2 atom stereocenters. The molecule has 1 heterocycles. The predicted molar refractivity (Wildman–Crippen MR) is 96.1 cm³/mol. The molecule has 5 nitrogen and oxygen atoms in total. The van der Waals surface area contributed by atoms with Crippen molar-refractivity contribution in [2.75, 3.05) is 0 Å². The zero-order valence-corrected chi connectivity index (χ0v) is 15.5. The molecule has 0 spiro atoms. The molecule has 2 N–H and O–H groups in total. The van der Waals surface area contributed by atoms with Crippen molar-refractivity contribution in [1.29, 1.82) is 0 Å². The van der Waals surface area contributed by atoms with E-state index >= 15 is 0 Å². The lowest BCUT2D eigenvalue weighted by Gasteiger charge is -2.39. The van der Waals surface area contributed by atoms with Gasteiger partial charge in [-0.1, -0.05) is 25.1 Å². The first kappa shape index (κ1) is 19.5. The van der Waals surface area contributed by atoms with Gasteiger partial charge in [-0.15, -0.1) is 0 Å². The normalized spacial score (nSPS) is 21.6. The molecule has 0 radical (unpaired) electrons. The zero-order chi connectivity index (χ0) is 19.8. The van der Waals surface area contributed by atoms with Crippen LogP contribution < -0.4 is 0 Å². The van der Waals surface area contributed by atoms with Gasteiger partial charge in [0.05, 0.1) is 5.69 Å². The van der Waals surface area contributed by atoms with E-state index in [-0.39, 0.29) is 24.8 Å². The number of aromatic nitrogens is 2. The van der Waals surface area contributed by atoms with E-state index < -0.39 is 29.8 Å². The SMILES string of the molecule is CCc1cccc(C(O)(C(=O)O)[C@H]2CCCC(F)(F)C2)c1-n1ccnc1C. The lowest BCUT2D eigenvalue weighted by atomic mass is 9.71. The van der Waals surface area contributed by atoms with Gasteiger partial charge < -0.3 is 14.8 Å². The number of nitrogens with zero attached hydrogens (tertiary/aromatic N) is 2. The highest BCUT2D eigenvalue weighted by Gasteiger charge is 2.52. The Bertz CT molecular complexity index is 850. The van der Waals surface area contributed by atoms with Crippen LogP contribution >= 0.6 is 0 Å². The van der Waals surface area contributed by atoms with Gasteiger partial charge in [-0.05, 0) is 31.7 Å². The molecule has 0 aliphatic heterocycles. The number of hydrogen-bond donors (Lipinski definition) is 2. The van der Waals surface area contributed by atoms with Crippen molar-refractivity contribution in [3.63, 3.8) is 0 Å². The number of aliphatic hydroxyl groups is 1. The number of halogens is 2. The number of benzene rings is 1. The van der Waals surface area contributed by atoms with Gasteiger partial charge in [0.15, 0.2) is 5.60 Å². The van der Waals surface area contributed by atoms with Gasteiger partial charge in [0.1, 0.15) is 5.82 Å². The highest BCUT2D eigenvalue weighted by atomic mass is 19.3. The van der Waals surface area contributed by atoms with Crippen molar-refractivity contribution >= 4 is 5.97 Å². The quantitative estimate of drug-likeness (QED) is 0.829. The molecule has 2 aromatic rings. The Morgan fingerprint density at radius 2 is 2.19 bits per heavy atom. The van der Waals surface area contributed by atoms with Crippen molar-refractivity contribution in [3.05, 3.63) is 47.5 Å². The van der Waals surface area contributed by atoms with Crippen molar-refractivity contribution in [2.24, 2.45) is 5.92 Å². The molecule has 3 rings (SSSR count). The Balaban J connectivity index is 2.23. The maximum absolute atomic E-state index is 14.0. The minimum atomic E-state index is -2.97. The lowest BCUT2D eigenvalue weighted by Crippen LogP contribution is -2.47. The Kier molecular flexibility index (Phi) is 5.08. The Labute approximate surface area is 156 Å². The van der Waals surface area contributed by atoms with Crippen molar-refractivity contribution < 1.29 is 23.8 Å². The minimum absolute atomic E-state index is 0.137. The average molecular weight is 378 g/mol. The third kappa shape index (κ3) is 3.36. The first-order chi connectivity index (χ1) is 12.7. The maximum Gasteiger partial charge on any atom is 0.340 e. The van der Waals surface area contributed by atoms with Crippen LogP contribution in [0, 0.1) is 12.8 Å². The van der Waals surface area contributed by atoms with E-state index in [4.69, 9.17) is 0 Å². The van der Waals surface area contributed by atoms with Gasteiger partial charge in [-0.3, -0.25) is 0 Å². The molecule has 27 heavy (non-hydrogen) atoms. The molecule has 1 fully saturated rings. The maximum atomic E-state index is 14.0. The Hall–Kier alpha value is -2.28. The fourth-order valence-electron chi connectivity index (χ4n) is 4.12. The molecule has 1 saturated carbocycles. The van der Waals surface area contributed by atoms with E-state index in [9.17, 15) is 23.8 Å². The molecule has 1 aliphatic rings. The highest BCUT2D eigenvalue weighted by Crippen LogP contribution is 2.47. The number of aryl methyl sites for hydroxylation is 2. The van der Waals surface area contributed by atoms with Crippen LogP contribution in [-0.2, 0) is 16.8 Å². The number of para-hydroxylation sites is 1. The Morgan fingerprint density at radius 1 is 1.44 bits per heavy atom. The summed E-state index contributed by atoms with van der Waals surface area (Å²) in [6.07, 6.45) is 3.36. The van der Waals surface area contributed by atoms with Crippen LogP contribution in [-0.4, -0.2) is 31.7 Å². The molecule has 146 valence electrons. The molecular formula is C20H24F2N2O3. The van der Waals surface area contributed by atoms with E-state index in [0.717, 1.165) is 5.56 Å². The molecule has 1 aliphatic carbocycles. The topological polar surface area (TPSA) is 75.3 Å². The van der Waals surface area contributed by atoms with E-state index in [1.165, 1.54) is 6.07 Å². The molecule has 1 unspecified atom stereocenters. The second-order valence-corrected chi connectivity index (χ2v) is 7.23. The largest absolute Gasteiger partial charge is 0.479 e. The Morgan fingerprint density at radius 3 is 2.74 bits per heavy atom. The van der Waals surface area contributed by atoms with Gasteiger partial charge in [0.2, 0.25) is 5.92 Å². The molecule has 0 saturated heterocycles. The van der Waals surface area contributed by atoms with Crippen LogP contribution in [0.3, 0.4) is 0 Å². The van der Waals surface area contributed by atoms with Gasteiger partial charge in [-0.2, -0.15) is 0 Å². The number of carboxylic acids is 1. The molecular weight excluding hydrogens is 354 g/mol. The van der Waals surface area contributed by atoms with Crippen LogP contribution in [0.4, 0.5) is 8.78 Å². The fourth-order valence-corrected chi connectivity index (χ4v) is 4.12. The summed E-state index contributed by atoms with van der Waals surface area (Å²) in [5.41, 5.74) is -0.941.